The van der Waals surface area contributed by atoms with E-state index in [0.29, 0.717) is 12.5 Å². The Balaban J connectivity index is 4.65. The third kappa shape index (κ3) is 7.63. The fraction of sp³-hybridized carbons (Fsp3) is 0.875. The quantitative estimate of drug-likeness (QED) is 0.393. The molecule has 142 valence electrons. The molecular weight excluding hydrogens is 346 g/mol. The van der Waals surface area contributed by atoms with Crippen LogP contribution in [0.15, 0.2) is 0 Å². The van der Waals surface area contributed by atoms with E-state index < -0.39 is 27.5 Å². The first-order valence-electron chi connectivity index (χ1n) is 8.08. The van der Waals surface area contributed by atoms with E-state index in [1.165, 1.54) is 28.7 Å². The van der Waals surface area contributed by atoms with Crippen LogP contribution < -0.4 is 16.8 Å². The molecule has 0 fully saturated rings. The number of nitrogens with one attached hydrogen (secondary N) is 1. The number of hydrogen-bond donors (Lipinski definition) is 3. The summed E-state index contributed by atoms with van der Waals surface area (Å²) in [5, 5.41) is 2.88. The standard InChI is InChI=1S/C16H33N3O3S2/c1-10(2)8-9-19-13(20)11(17)15(3,4)23-24-16(5,6)12(18)14(21)22-7/h10-12H,8-9,17-18H2,1-7H3,(H,19,20). The van der Waals surface area contributed by atoms with E-state index in [-0.39, 0.29) is 5.91 Å². The zero-order valence-electron chi connectivity index (χ0n) is 15.8. The molecule has 0 spiro atoms. The highest BCUT2D eigenvalue weighted by atomic mass is 33.1. The van der Waals surface area contributed by atoms with Crippen LogP contribution in [-0.4, -0.2) is 47.1 Å². The molecule has 0 aromatic heterocycles. The molecule has 0 aliphatic rings. The van der Waals surface area contributed by atoms with Gasteiger partial charge in [-0.1, -0.05) is 35.4 Å². The van der Waals surface area contributed by atoms with Crippen LogP contribution in [-0.2, 0) is 14.3 Å². The second-order valence-corrected chi connectivity index (χ2v) is 10.8. The van der Waals surface area contributed by atoms with Crippen molar-refractivity contribution in [3.8, 4) is 0 Å². The number of carbonyl (C=O) groups excluding carboxylic acids is 2. The number of carbonyl (C=O) groups is 2. The Bertz CT molecular complexity index is 429. The molecule has 0 aromatic rings. The van der Waals surface area contributed by atoms with Crippen molar-refractivity contribution in [3.63, 3.8) is 0 Å². The summed E-state index contributed by atoms with van der Waals surface area (Å²) in [6.45, 7) is 12.4. The lowest BCUT2D eigenvalue weighted by molar-refractivity contribution is -0.142. The van der Waals surface area contributed by atoms with Gasteiger partial charge in [0.1, 0.15) is 6.04 Å². The molecule has 0 rings (SSSR count). The van der Waals surface area contributed by atoms with Gasteiger partial charge >= 0.3 is 5.97 Å². The Morgan fingerprint density at radius 1 is 1.04 bits per heavy atom. The van der Waals surface area contributed by atoms with Crippen LogP contribution in [0.4, 0.5) is 0 Å². The summed E-state index contributed by atoms with van der Waals surface area (Å²) >= 11 is 0. The fourth-order valence-corrected chi connectivity index (χ4v) is 4.39. The number of nitrogens with two attached hydrogens (primary N) is 2. The lowest BCUT2D eigenvalue weighted by Gasteiger charge is -2.35. The SMILES string of the molecule is COC(=O)C(N)C(C)(C)SSC(C)(C)C(N)C(=O)NCCC(C)C. The first-order valence-corrected chi connectivity index (χ1v) is 10.2. The van der Waals surface area contributed by atoms with Gasteiger partial charge in [0.2, 0.25) is 5.91 Å². The zero-order valence-corrected chi connectivity index (χ0v) is 17.5. The number of ether oxygens (including phenoxy) is 1. The van der Waals surface area contributed by atoms with Gasteiger partial charge in [-0.3, -0.25) is 9.59 Å². The fourth-order valence-electron chi connectivity index (χ4n) is 1.64. The minimum absolute atomic E-state index is 0.163. The maximum Gasteiger partial charge on any atom is 0.324 e. The molecule has 5 N–H and O–H groups in total. The Hall–Kier alpha value is -0.440. The summed E-state index contributed by atoms with van der Waals surface area (Å²) in [5.41, 5.74) is 12.1. The van der Waals surface area contributed by atoms with Crippen LogP contribution in [0.2, 0.25) is 0 Å². The number of amides is 1. The molecule has 24 heavy (non-hydrogen) atoms. The van der Waals surface area contributed by atoms with Crippen LogP contribution in [0.25, 0.3) is 0 Å². The van der Waals surface area contributed by atoms with Crippen LogP contribution in [0.1, 0.15) is 48.0 Å². The molecule has 0 aliphatic carbocycles. The maximum absolute atomic E-state index is 12.2. The molecule has 0 radical (unpaired) electrons. The smallest absolute Gasteiger partial charge is 0.324 e. The molecular formula is C16H33N3O3S2. The number of hydrogen-bond acceptors (Lipinski definition) is 7. The molecule has 2 unspecified atom stereocenters. The number of methoxy groups -OCH3 is 1. The number of rotatable bonds is 10. The second kappa shape index (κ2) is 9.89. The largest absolute Gasteiger partial charge is 0.468 e. The molecule has 0 bridgehead atoms. The predicted octanol–water partition coefficient (Wildman–Crippen LogP) is 1.91. The molecule has 0 saturated heterocycles. The summed E-state index contributed by atoms with van der Waals surface area (Å²) in [7, 11) is 4.22. The van der Waals surface area contributed by atoms with Crippen molar-refractivity contribution in [2.75, 3.05) is 13.7 Å². The highest BCUT2D eigenvalue weighted by molar-refractivity contribution is 8.77. The lowest BCUT2D eigenvalue weighted by Crippen LogP contribution is -2.52. The van der Waals surface area contributed by atoms with Gasteiger partial charge in [0.15, 0.2) is 0 Å². The van der Waals surface area contributed by atoms with E-state index in [1.807, 2.05) is 27.7 Å². The van der Waals surface area contributed by atoms with Crippen molar-refractivity contribution in [2.24, 2.45) is 17.4 Å². The van der Waals surface area contributed by atoms with E-state index in [2.05, 4.69) is 19.2 Å². The predicted molar refractivity (Wildman–Crippen MR) is 104 cm³/mol. The van der Waals surface area contributed by atoms with Gasteiger partial charge in [0.25, 0.3) is 0 Å². The highest BCUT2D eigenvalue weighted by Crippen LogP contribution is 2.45. The van der Waals surface area contributed by atoms with Crippen molar-refractivity contribution in [1.29, 1.82) is 0 Å². The summed E-state index contributed by atoms with van der Waals surface area (Å²) < 4.78 is 3.64. The summed E-state index contributed by atoms with van der Waals surface area (Å²) in [5.74, 6) is -0.0921. The van der Waals surface area contributed by atoms with Crippen LogP contribution in [0.3, 0.4) is 0 Å². The molecule has 8 heteroatoms. The Labute approximate surface area is 154 Å². The summed E-state index contributed by atoms with van der Waals surface area (Å²) in [6, 6.07) is -1.42. The third-order valence-corrected chi connectivity index (χ3v) is 8.01. The van der Waals surface area contributed by atoms with Gasteiger partial charge in [-0.05, 0) is 40.0 Å². The van der Waals surface area contributed by atoms with Crippen LogP contribution in [0, 0.1) is 5.92 Å². The molecule has 0 heterocycles. The Morgan fingerprint density at radius 3 is 1.92 bits per heavy atom. The Kier molecular flexibility index (Phi) is 9.71. The topological polar surface area (TPSA) is 107 Å². The first kappa shape index (κ1) is 23.6. The second-order valence-electron chi connectivity index (χ2n) is 7.33. The van der Waals surface area contributed by atoms with E-state index in [1.54, 1.807) is 0 Å². The van der Waals surface area contributed by atoms with E-state index in [9.17, 15) is 9.59 Å². The molecule has 2 atom stereocenters. The summed E-state index contributed by atoms with van der Waals surface area (Å²) in [4.78, 5) is 23.9. The maximum atomic E-state index is 12.2. The van der Waals surface area contributed by atoms with Gasteiger partial charge in [-0.25, -0.2) is 0 Å². The average Bonchev–Trinajstić information content (AvgIpc) is 2.50. The number of esters is 1. The van der Waals surface area contributed by atoms with Crippen LogP contribution in [0.5, 0.6) is 0 Å². The van der Waals surface area contributed by atoms with Crippen molar-refractivity contribution in [1.82, 2.24) is 5.32 Å². The lowest BCUT2D eigenvalue weighted by atomic mass is 10.0. The third-order valence-electron chi connectivity index (χ3n) is 3.73. The highest BCUT2D eigenvalue weighted by Gasteiger charge is 2.39. The van der Waals surface area contributed by atoms with Crippen LogP contribution >= 0.6 is 21.6 Å². The minimum Gasteiger partial charge on any atom is -0.468 e. The molecule has 0 aliphatic heterocycles. The monoisotopic (exact) mass is 379 g/mol. The Morgan fingerprint density at radius 2 is 1.50 bits per heavy atom. The van der Waals surface area contributed by atoms with Crippen molar-refractivity contribution >= 4 is 33.5 Å². The summed E-state index contributed by atoms with van der Waals surface area (Å²) in [6.07, 6.45) is 0.918. The van der Waals surface area contributed by atoms with Gasteiger partial charge < -0.3 is 21.5 Å². The van der Waals surface area contributed by atoms with E-state index in [4.69, 9.17) is 16.2 Å². The molecule has 0 aromatic carbocycles. The van der Waals surface area contributed by atoms with Gasteiger partial charge in [0, 0.05) is 16.0 Å². The van der Waals surface area contributed by atoms with E-state index >= 15 is 0 Å². The van der Waals surface area contributed by atoms with Gasteiger partial charge in [-0.15, -0.1) is 0 Å². The average molecular weight is 380 g/mol. The van der Waals surface area contributed by atoms with E-state index in [0.717, 1.165) is 6.42 Å². The van der Waals surface area contributed by atoms with Gasteiger partial charge in [-0.2, -0.15) is 0 Å². The molecule has 6 nitrogen and oxygen atoms in total. The van der Waals surface area contributed by atoms with Crippen molar-refractivity contribution in [3.05, 3.63) is 0 Å². The van der Waals surface area contributed by atoms with Crippen molar-refractivity contribution < 1.29 is 14.3 Å². The first-order chi connectivity index (χ1) is 10.8. The molecule has 0 saturated carbocycles. The van der Waals surface area contributed by atoms with Crippen molar-refractivity contribution in [2.45, 2.75) is 69.5 Å². The molecule has 1 amide bonds. The normalized spacial score (nSPS) is 15.1. The minimum atomic E-state index is -0.758. The van der Waals surface area contributed by atoms with Gasteiger partial charge in [0.05, 0.1) is 13.2 Å². The zero-order chi connectivity index (χ0) is 19.1.